The SMILES string of the molecule is CCC[Si](C)(Cl)O[Si](C)(Cl)CCC. The van der Waals surface area contributed by atoms with E-state index in [1.807, 2.05) is 13.1 Å². The predicted octanol–water partition coefficient (Wildman–Crippen LogP) is 4.44. The number of halogens is 2. The maximum Gasteiger partial charge on any atom is 0.277 e. The molecule has 5 heteroatoms. The van der Waals surface area contributed by atoms with Crippen LogP contribution in [0.2, 0.25) is 25.2 Å². The third-order valence-electron chi connectivity index (χ3n) is 1.82. The highest BCUT2D eigenvalue weighted by atomic mass is 35.6. The van der Waals surface area contributed by atoms with Crippen molar-refractivity contribution in [1.82, 2.24) is 0 Å². The molecule has 80 valence electrons. The highest BCUT2D eigenvalue weighted by molar-refractivity contribution is 7.25. The second-order valence-electron chi connectivity index (χ2n) is 3.81. The zero-order valence-corrected chi connectivity index (χ0v) is 12.5. The van der Waals surface area contributed by atoms with Crippen LogP contribution in [-0.4, -0.2) is 15.3 Å². The summed E-state index contributed by atoms with van der Waals surface area (Å²) < 4.78 is 5.91. The van der Waals surface area contributed by atoms with Gasteiger partial charge in [-0.05, 0) is 25.2 Å². The summed E-state index contributed by atoms with van der Waals surface area (Å²) in [5.41, 5.74) is 0. The molecule has 0 N–H and O–H groups in total. The molecule has 0 fully saturated rings. The summed E-state index contributed by atoms with van der Waals surface area (Å²) in [5, 5.41) is 0. The topological polar surface area (TPSA) is 9.23 Å². The molecule has 1 nitrogen and oxygen atoms in total. The summed E-state index contributed by atoms with van der Waals surface area (Å²) >= 11 is 12.6. The van der Waals surface area contributed by atoms with Crippen LogP contribution in [0.15, 0.2) is 0 Å². The molecule has 0 radical (unpaired) electrons. The lowest BCUT2D eigenvalue weighted by atomic mass is 10.6. The monoisotopic (exact) mass is 258 g/mol. The molecule has 0 spiro atoms. The van der Waals surface area contributed by atoms with Gasteiger partial charge in [0.25, 0.3) is 15.3 Å². The van der Waals surface area contributed by atoms with Crippen molar-refractivity contribution in [2.24, 2.45) is 0 Å². The van der Waals surface area contributed by atoms with E-state index in [-0.39, 0.29) is 0 Å². The Kier molecular flexibility index (Phi) is 6.19. The van der Waals surface area contributed by atoms with Crippen LogP contribution >= 0.6 is 22.2 Å². The fourth-order valence-electron chi connectivity index (χ4n) is 1.44. The maximum atomic E-state index is 6.32. The molecule has 0 bridgehead atoms. The van der Waals surface area contributed by atoms with Crippen molar-refractivity contribution in [3.63, 3.8) is 0 Å². The van der Waals surface area contributed by atoms with Crippen LogP contribution in [0.1, 0.15) is 26.7 Å². The van der Waals surface area contributed by atoms with Crippen molar-refractivity contribution in [2.45, 2.75) is 51.9 Å². The minimum atomic E-state index is -1.97. The van der Waals surface area contributed by atoms with Gasteiger partial charge < -0.3 is 4.12 Å². The number of hydrogen-bond donors (Lipinski definition) is 0. The average molecular weight is 259 g/mol. The third kappa shape index (κ3) is 6.97. The van der Waals surface area contributed by atoms with Gasteiger partial charge in [0.1, 0.15) is 0 Å². The highest BCUT2D eigenvalue weighted by Crippen LogP contribution is 2.28. The normalized spacial score (nSPS) is 20.8. The molecular weight excluding hydrogens is 239 g/mol. The van der Waals surface area contributed by atoms with E-state index in [4.69, 9.17) is 26.3 Å². The zero-order valence-electron chi connectivity index (χ0n) is 8.99. The lowest BCUT2D eigenvalue weighted by Gasteiger charge is -2.29. The van der Waals surface area contributed by atoms with Gasteiger partial charge in [-0.25, -0.2) is 0 Å². The molecule has 2 unspecified atom stereocenters. The molecule has 0 aromatic heterocycles. The molecule has 0 aromatic carbocycles. The van der Waals surface area contributed by atoms with E-state index >= 15 is 0 Å². The second kappa shape index (κ2) is 5.76. The minimum Gasteiger partial charge on any atom is -0.433 e. The van der Waals surface area contributed by atoms with Crippen LogP contribution in [-0.2, 0) is 4.12 Å². The average Bonchev–Trinajstić information content (AvgIpc) is 1.82. The molecule has 0 aliphatic carbocycles. The first-order valence-corrected chi connectivity index (χ1v) is 12.2. The Balaban J connectivity index is 4.07. The Morgan fingerprint density at radius 1 is 0.923 bits per heavy atom. The highest BCUT2D eigenvalue weighted by Gasteiger charge is 2.36. The van der Waals surface area contributed by atoms with Crippen LogP contribution < -0.4 is 0 Å². The Morgan fingerprint density at radius 3 is 1.46 bits per heavy atom. The number of hydrogen-bond acceptors (Lipinski definition) is 1. The predicted molar refractivity (Wildman–Crippen MR) is 66.2 cm³/mol. The van der Waals surface area contributed by atoms with Gasteiger partial charge in [0.2, 0.25) is 0 Å². The lowest BCUT2D eigenvalue weighted by molar-refractivity contribution is 0.564. The lowest BCUT2D eigenvalue weighted by Crippen LogP contribution is -2.40. The second-order valence-corrected chi connectivity index (χ2v) is 14.8. The van der Waals surface area contributed by atoms with Crippen LogP contribution in [0.25, 0.3) is 0 Å². The Labute approximate surface area is 93.4 Å². The van der Waals surface area contributed by atoms with E-state index in [9.17, 15) is 0 Å². The van der Waals surface area contributed by atoms with Crippen LogP contribution in [0, 0.1) is 0 Å². The Bertz CT molecular complexity index is 135. The maximum absolute atomic E-state index is 6.32. The minimum absolute atomic E-state index is 0.994. The first-order chi connectivity index (χ1) is 5.83. The first-order valence-electron chi connectivity index (χ1n) is 4.91. The van der Waals surface area contributed by atoms with Gasteiger partial charge in [-0.1, -0.05) is 26.7 Å². The number of rotatable bonds is 6. The summed E-state index contributed by atoms with van der Waals surface area (Å²) in [5.74, 6) is 0. The van der Waals surface area contributed by atoms with Gasteiger partial charge in [-0.3, -0.25) is 0 Å². The van der Waals surface area contributed by atoms with Crippen molar-refractivity contribution < 1.29 is 4.12 Å². The quantitative estimate of drug-likeness (QED) is 0.506. The third-order valence-corrected chi connectivity index (χ3v) is 10.5. The van der Waals surface area contributed by atoms with Crippen LogP contribution in [0.3, 0.4) is 0 Å². The molecule has 0 rings (SSSR count). The van der Waals surface area contributed by atoms with Crippen molar-refractivity contribution in [3.05, 3.63) is 0 Å². The van der Waals surface area contributed by atoms with Gasteiger partial charge in [0, 0.05) is 0 Å². The van der Waals surface area contributed by atoms with Gasteiger partial charge in [0.15, 0.2) is 0 Å². The van der Waals surface area contributed by atoms with E-state index in [1.54, 1.807) is 0 Å². The molecule has 2 atom stereocenters. The molecule has 0 heterocycles. The molecular formula is C8H20Cl2OSi2. The van der Waals surface area contributed by atoms with E-state index in [1.165, 1.54) is 0 Å². The van der Waals surface area contributed by atoms with E-state index in [0.29, 0.717) is 0 Å². The molecule has 0 aliphatic rings. The fourth-order valence-corrected chi connectivity index (χ4v) is 12.1. The zero-order chi connectivity index (χ0) is 10.5. The van der Waals surface area contributed by atoms with Crippen molar-refractivity contribution >= 4 is 37.4 Å². The molecule has 13 heavy (non-hydrogen) atoms. The van der Waals surface area contributed by atoms with Crippen molar-refractivity contribution in [3.8, 4) is 0 Å². The Hall–Kier alpha value is 0.974. The van der Waals surface area contributed by atoms with Gasteiger partial charge in [0.05, 0.1) is 0 Å². The molecule has 0 amide bonds. The van der Waals surface area contributed by atoms with Gasteiger partial charge >= 0.3 is 0 Å². The molecule has 0 saturated carbocycles. The fraction of sp³-hybridized carbons (Fsp3) is 1.00. The first kappa shape index (κ1) is 14.0. The van der Waals surface area contributed by atoms with E-state index in [0.717, 1.165) is 24.9 Å². The molecule has 0 aliphatic heterocycles. The Morgan fingerprint density at radius 2 is 1.23 bits per heavy atom. The summed E-state index contributed by atoms with van der Waals surface area (Å²) in [4.78, 5) is 0. The molecule has 0 saturated heterocycles. The summed E-state index contributed by atoms with van der Waals surface area (Å²) in [6.45, 7) is 8.34. The van der Waals surface area contributed by atoms with Crippen LogP contribution in [0.4, 0.5) is 0 Å². The summed E-state index contributed by atoms with van der Waals surface area (Å²) in [6, 6.07) is 1.99. The van der Waals surface area contributed by atoms with E-state index in [2.05, 4.69) is 13.8 Å². The largest absolute Gasteiger partial charge is 0.433 e. The van der Waals surface area contributed by atoms with Crippen molar-refractivity contribution in [1.29, 1.82) is 0 Å². The van der Waals surface area contributed by atoms with Crippen LogP contribution in [0.5, 0.6) is 0 Å². The standard InChI is InChI=1S/C8H20Cl2OSi2/c1-5-7-12(3,9)11-13(4,10)8-6-2/h5-8H2,1-4H3. The summed E-state index contributed by atoms with van der Waals surface area (Å²) in [7, 11) is -3.95. The molecule has 0 aromatic rings. The van der Waals surface area contributed by atoms with Gasteiger partial charge in [-0.15, -0.1) is 22.2 Å². The summed E-state index contributed by atoms with van der Waals surface area (Å²) in [6.07, 6.45) is 2.17. The van der Waals surface area contributed by atoms with E-state index < -0.39 is 15.3 Å². The van der Waals surface area contributed by atoms with Crippen molar-refractivity contribution in [2.75, 3.05) is 0 Å². The smallest absolute Gasteiger partial charge is 0.277 e. The van der Waals surface area contributed by atoms with Gasteiger partial charge in [-0.2, -0.15) is 0 Å².